The van der Waals surface area contributed by atoms with Crippen LogP contribution >= 0.6 is 0 Å². The summed E-state index contributed by atoms with van der Waals surface area (Å²) in [6.07, 6.45) is -1.39. The van der Waals surface area contributed by atoms with Crippen molar-refractivity contribution < 1.29 is 23.0 Å². The van der Waals surface area contributed by atoms with E-state index in [0.29, 0.717) is 5.69 Å². The lowest BCUT2D eigenvalue weighted by atomic mass is 10.1. The van der Waals surface area contributed by atoms with E-state index in [9.17, 15) is 18.3 Å². The van der Waals surface area contributed by atoms with Crippen molar-refractivity contribution in [2.24, 2.45) is 0 Å². The van der Waals surface area contributed by atoms with Crippen molar-refractivity contribution in [3.8, 4) is 5.75 Å². The number of aliphatic hydroxyl groups excluding tert-OH is 1. The Hall–Kier alpha value is -2.21. The zero-order valence-electron chi connectivity index (χ0n) is 11.2. The molecule has 0 amide bonds. The molecule has 2 aromatic carbocycles. The van der Waals surface area contributed by atoms with E-state index >= 15 is 0 Å². The Morgan fingerprint density at radius 2 is 1.81 bits per heavy atom. The molecule has 112 valence electrons. The van der Waals surface area contributed by atoms with E-state index < -0.39 is 29.1 Å². The molecular weight excluding hydrogens is 283 g/mol. The summed E-state index contributed by atoms with van der Waals surface area (Å²) < 4.78 is 45.1. The molecule has 6 heteroatoms. The Labute approximate surface area is 120 Å². The molecule has 0 saturated carbocycles. The molecule has 1 unspecified atom stereocenters. The SMILES string of the molecule is COc1cc(F)ccc1NCC(O)c1c(F)cccc1F. The third-order valence-electron chi connectivity index (χ3n) is 2.98. The Bertz CT molecular complexity index is 614. The van der Waals surface area contributed by atoms with Crippen LogP contribution in [0.15, 0.2) is 36.4 Å². The second-order valence-corrected chi connectivity index (χ2v) is 4.38. The monoisotopic (exact) mass is 297 g/mol. The molecule has 0 radical (unpaired) electrons. The predicted molar refractivity (Wildman–Crippen MR) is 72.8 cm³/mol. The van der Waals surface area contributed by atoms with Crippen LogP contribution in [0.3, 0.4) is 0 Å². The minimum absolute atomic E-state index is 0.153. The van der Waals surface area contributed by atoms with Crippen LogP contribution in [0.25, 0.3) is 0 Å². The summed E-state index contributed by atoms with van der Waals surface area (Å²) in [4.78, 5) is 0. The number of benzene rings is 2. The highest BCUT2D eigenvalue weighted by molar-refractivity contribution is 5.56. The van der Waals surface area contributed by atoms with Crippen molar-refractivity contribution in [3.05, 3.63) is 59.4 Å². The first kappa shape index (κ1) is 15.2. The topological polar surface area (TPSA) is 41.5 Å². The first-order valence-electron chi connectivity index (χ1n) is 6.22. The van der Waals surface area contributed by atoms with Gasteiger partial charge >= 0.3 is 0 Å². The lowest BCUT2D eigenvalue weighted by molar-refractivity contribution is 0.181. The minimum atomic E-state index is -1.39. The van der Waals surface area contributed by atoms with E-state index in [0.717, 1.165) is 12.1 Å². The second kappa shape index (κ2) is 6.49. The van der Waals surface area contributed by atoms with Gasteiger partial charge in [-0.2, -0.15) is 0 Å². The normalized spacial score (nSPS) is 12.0. The molecule has 0 spiro atoms. The van der Waals surface area contributed by atoms with Gasteiger partial charge in [-0.05, 0) is 24.3 Å². The minimum Gasteiger partial charge on any atom is -0.494 e. The first-order chi connectivity index (χ1) is 10.0. The molecular formula is C15H14F3NO2. The third kappa shape index (κ3) is 3.46. The van der Waals surface area contributed by atoms with Crippen molar-refractivity contribution in [1.29, 1.82) is 0 Å². The number of halogens is 3. The summed E-state index contributed by atoms with van der Waals surface area (Å²) in [5.74, 6) is -1.89. The van der Waals surface area contributed by atoms with Crippen molar-refractivity contribution in [2.75, 3.05) is 19.0 Å². The summed E-state index contributed by atoms with van der Waals surface area (Å²) in [5, 5.41) is 12.7. The Balaban J connectivity index is 2.13. The van der Waals surface area contributed by atoms with Gasteiger partial charge in [0.2, 0.25) is 0 Å². The number of anilines is 1. The van der Waals surface area contributed by atoms with Crippen molar-refractivity contribution in [3.63, 3.8) is 0 Å². The molecule has 21 heavy (non-hydrogen) atoms. The van der Waals surface area contributed by atoms with Gasteiger partial charge in [0.15, 0.2) is 0 Å². The number of hydrogen-bond donors (Lipinski definition) is 2. The molecule has 2 rings (SSSR count). The highest BCUT2D eigenvalue weighted by atomic mass is 19.1. The van der Waals surface area contributed by atoms with Crippen LogP contribution in [0, 0.1) is 17.5 Å². The van der Waals surface area contributed by atoms with Crippen LogP contribution in [0.1, 0.15) is 11.7 Å². The summed E-state index contributed by atoms with van der Waals surface area (Å²) in [6.45, 7) is -0.153. The molecule has 0 aliphatic heterocycles. The van der Waals surface area contributed by atoms with Crippen molar-refractivity contribution >= 4 is 5.69 Å². The van der Waals surface area contributed by atoms with Gasteiger partial charge < -0.3 is 15.2 Å². The van der Waals surface area contributed by atoms with Crippen molar-refractivity contribution in [2.45, 2.75) is 6.10 Å². The molecule has 1 atom stereocenters. The van der Waals surface area contributed by atoms with Crippen molar-refractivity contribution in [1.82, 2.24) is 0 Å². The molecule has 0 aliphatic rings. The third-order valence-corrected chi connectivity index (χ3v) is 2.98. The lowest BCUT2D eigenvalue weighted by Crippen LogP contribution is -2.15. The average molecular weight is 297 g/mol. The fourth-order valence-electron chi connectivity index (χ4n) is 1.95. The van der Waals surface area contributed by atoms with Gasteiger partial charge in [-0.3, -0.25) is 0 Å². The van der Waals surface area contributed by atoms with Crippen LogP contribution < -0.4 is 10.1 Å². The van der Waals surface area contributed by atoms with E-state index in [1.807, 2.05) is 0 Å². The Morgan fingerprint density at radius 3 is 2.43 bits per heavy atom. The number of hydrogen-bond acceptors (Lipinski definition) is 3. The van der Waals surface area contributed by atoms with Gasteiger partial charge in [-0.1, -0.05) is 6.07 Å². The fourth-order valence-corrected chi connectivity index (χ4v) is 1.95. The van der Waals surface area contributed by atoms with Gasteiger partial charge in [-0.15, -0.1) is 0 Å². The summed E-state index contributed by atoms with van der Waals surface area (Å²) in [5.41, 5.74) is 0.000718. The highest BCUT2D eigenvalue weighted by Crippen LogP contribution is 2.27. The largest absolute Gasteiger partial charge is 0.494 e. The smallest absolute Gasteiger partial charge is 0.144 e. The zero-order chi connectivity index (χ0) is 15.4. The van der Waals surface area contributed by atoms with Crippen LogP contribution in [0.4, 0.5) is 18.9 Å². The van der Waals surface area contributed by atoms with Crippen LogP contribution in [-0.2, 0) is 0 Å². The quantitative estimate of drug-likeness (QED) is 0.890. The van der Waals surface area contributed by atoms with Gasteiger partial charge in [0, 0.05) is 12.6 Å². The second-order valence-electron chi connectivity index (χ2n) is 4.38. The van der Waals surface area contributed by atoms with Gasteiger partial charge in [0.25, 0.3) is 0 Å². The summed E-state index contributed by atoms with van der Waals surface area (Å²) in [7, 11) is 1.37. The van der Waals surface area contributed by atoms with Crippen LogP contribution in [-0.4, -0.2) is 18.8 Å². The lowest BCUT2D eigenvalue weighted by Gasteiger charge is -2.16. The molecule has 0 saturated heterocycles. The van der Waals surface area contributed by atoms with E-state index in [4.69, 9.17) is 4.74 Å². The molecule has 0 aromatic heterocycles. The molecule has 0 fully saturated rings. The maximum absolute atomic E-state index is 13.5. The first-order valence-corrected chi connectivity index (χ1v) is 6.22. The number of nitrogens with one attached hydrogen (secondary N) is 1. The summed E-state index contributed by atoms with van der Waals surface area (Å²) >= 11 is 0. The van der Waals surface area contributed by atoms with Crippen LogP contribution in [0.5, 0.6) is 5.75 Å². The van der Waals surface area contributed by atoms with Gasteiger partial charge in [0.1, 0.15) is 29.3 Å². The molecule has 0 heterocycles. The highest BCUT2D eigenvalue weighted by Gasteiger charge is 2.18. The maximum Gasteiger partial charge on any atom is 0.144 e. The number of rotatable bonds is 5. The van der Waals surface area contributed by atoms with E-state index in [1.54, 1.807) is 0 Å². The number of aliphatic hydroxyl groups is 1. The number of ether oxygens (including phenoxy) is 1. The maximum atomic E-state index is 13.5. The van der Waals surface area contributed by atoms with E-state index in [1.165, 1.54) is 31.4 Å². The standard InChI is InChI=1S/C15H14F3NO2/c1-21-14-7-9(16)5-6-12(14)19-8-13(20)15-10(17)3-2-4-11(15)18/h2-7,13,19-20H,8H2,1H3. The fraction of sp³-hybridized carbons (Fsp3) is 0.200. The molecule has 2 aromatic rings. The average Bonchev–Trinajstić information content (AvgIpc) is 2.45. The molecule has 3 nitrogen and oxygen atoms in total. The number of methoxy groups -OCH3 is 1. The predicted octanol–water partition coefficient (Wildman–Crippen LogP) is 3.26. The van der Waals surface area contributed by atoms with Gasteiger partial charge in [0.05, 0.1) is 18.4 Å². The molecule has 2 N–H and O–H groups in total. The van der Waals surface area contributed by atoms with E-state index in [2.05, 4.69) is 5.32 Å². The Kier molecular flexibility index (Phi) is 4.70. The molecule has 0 aliphatic carbocycles. The van der Waals surface area contributed by atoms with Crippen LogP contribution in [0.2, 0.25) is 0 Å². The molecule has 0 bridgehead atoms. The zero-order valence-corrected chi connectivity index (χ0v) is 11.2. The summed E-state index contributed by atoms with van der Waals surface area (Å²) in [6, 6.07) is 7.15. The van der Waals surface area contributed by atoms with Gasteiger partial charge in [-0.25, -0.2) is 13.2 Å². The Morgan fingerprint density at radius 1 is 1.14 bits per heavy atom. The van der Waals surface area contributed by atoms with E-state index in [-0.39, 0.29) is 12.3 Å².